The van der Waals surface area contributed by atoms with Gasteiger partial charge in [-0.15, -0.1) is 10.2 Å². The number of pyridine rings is 1. The molecule has 6 rings (SSSR count). The molecule has 9 heteroatoms. The van der Waals surface area contributed by atoms with Gasteiger partial charge in [-0.1, -0.05) is 13.0 Å². The topological polar surface area (TPSA) is 90.4 Å². The highest BCUT2D eigenvalue weighted by atomic mass is 15.4. The lowest BCUT2D eigenvalue weighted by Gasteiger charge is -2.38. The van der Waals surface area contributed by atoms with Crippen molar-refractivity contribution in [3.05, 3.63) is 79.2 Å². The number of rotatable bonds is 4. The smallest absolute Gasteiger partial charge is 0.237 e. The number of allylic oxidation sites excluding steroid dienone is 3. The molecule has 2 aliphatic rings. The van der Waals surface area contributed by atoms with E-state index in [2.05, 4.69) is 49.1 Å². The third kappa shape index (κ3) is 2.35. The van der Waals surface area contributed by atoms with Crippen LogP contribution in [0.3, 0.4) is 0 Å². The van der Waals surface area contributed by atoms with Crippen molar-refractivity contribution in [1.29, 1.82) is 0 Å². The average Bonchev–Trinajstić information content (AvgIpc) is 3.43. The van der Waals surface area contributed by atoms with Gasteiger partial charge in [-0.2, -0.15) is 4.98 Å². The van der Waals surface area contributed by atoms with Crippen LogP contribution < -0.4 is 4.90 Å². The number of hydrogen-bond donors (Lipinski definition) is 0. The first-order chi connectivity index (χ1) is 14.8. The van der Waals surface area contributed by atoms with Crippen molar-refractivity contribution in [1.82, 2.24) is 39.3 Å². The highest BCUT2D eigenvalue weighted by Crippen LogP contribution is 2.41. The fourth-order valence-electron chi connectivity index (χ4n) is 3.93. The lowest BCUT2D eigenvalue weighted by Crippen LogP contribution is -2.35. The lowest BCUT2D eigenvalue weighted by atomic mass is 10.1. The first-order valence-corrected chi connectivity index (χ1v) is 9.74. The molecule has 0 saturated carbocycles. The molecule has 0 fully saturated rings. The van der Waals surface area contributed by atoms with E-state index in [4.69, 9.17) is 4.98 Å². The highest BCUT2D eigenvalue weighted by molar-refractivity contribution is 5.68. The first-order valence-electron chi connectivity index (χ1n) is 9.74. The Morgan fingerprint density at radius 1 is 1.07 bits per heavy atom. The molecule has 0 N–H and O–H groups in total. The van der Waals surface area contributed by atoms with Gasteiger partial charge in [0.2, 0.25) is 5.95 Å². The van der Waals surface area contributed by atoms with E-state index in [1.165, 1.54) is 0 Å². The van der Waals surface area contributed by atoms with Crippen molar-refractivity contribution < 1.29 is 0 Å². The molecule has 0 saturated heterocycles. The second-order valence-electron chi connectivity index (χ2n) is 7.04. The molecule has 0 bridgehead atoms. The van der Waals surface area contributed by atoms with E-state index in [1.807, 2.05) is 39.7 Å². The SMILES string of the molecule is CCC1c2nncn2-c2cnc(-n3ccnc3-c3ccncc3)nc2N1C1=CC=C1. The van der Waals surface area contributed by atoms with Crippen LogP contribution in [0.25, 0.3) is 23.0 Å². The van der Waals surface area contributed by atoms with Gasteiger partial charge in [-0.05, 0) is 30.7 Å². The van der Waals surface area contributed by atoms with Crippen molar-refractivity contribution >= 4 is 5.82 Å². The monoisotopic (exact) mass is 395 g/mol. The Labute approximate surface area is 172 Å². The third-order valence-corrected chi connectivity index (χ3v) is 5.40. The molecule has 4 aromatic heterocycles. The molecule has 30 heavy (non-hydrogen) atoms. The zero-order chi connectivity index (χ0) is 20.1. The largest absolute Gasteiger partial charge is 0.314 e. The summed E-state index contributed by atoms with van der Waals surface area (Å²) < 4.78 is 3.87. The van der Waals surface area contributed by atoms with E-state index in [-0.39, 0.29) is 6.04 Å². The van der Waals surface area contributed by atoms with E-state index in [0.29, 0.717) is 5.95 Å². The minimum absolute atomic E-state index is 0.0430. The molecule has 146 valence electrons. The number of aromatic nitrogens is 8. The van der Waals surface area contributed by atoms with E-state index < -0.39 is 0 Å². The summed E-state index contributed by atoms with van der Waals surface area (Å²) in [6.45, 7) is 2.14. The van der Waals surface area contributed by atoms with Crippen molar-refractivity contribution in [2.24, 2.45) is 0 Å². The maximum atomic E-state index is 4.97. The number of fused-ring (bicyclic) bond motifs is 3. The fraction of sp³-hybridized carbons (Fsp3) is 0.143. The molecule has 0 radical (unpaired) electrons. The van der Waals surface area contributed by atoms with Gasteiger partial charge in [0.05, 0.1) is 12.2 Å². The van der Waals surface area contributed by atoms with Gasteiger partial charge in [0.25, 0.3) is 0 Å². The summed E-state index contributed by atoms with van der Waals surface area (Å²) in [5.41, 5.74) is 2.91. The predicted octanol–water partition coefficient (Wildman–Crippen LogP) is 3.03. The third-order valence-electron chi connectivity index (χ3n) is 5.40. The lowest BCUT2D eigenvalue weighted by molar-refractivity contribution is 0.574. The molecule has 4 aromatic rings. The van der Waals surface area contributed by atoms with Gasteiger partial charge in [0.15, 0.2) is 11.6 Å². The molecule has 1 aliphatic carbocycles. The van der Waals surface area contributed by atoms with Crippen molar-refractivity contribution in [2.75, 3.05) is 4.90 Å². The molecule has 1 unspecified atom stereocenters. The molecular weight excluding hydrogens is 378 g/mol. The van der Waals surface area contributed by atoms with E-state index in [1.54, 1.807) is 24.9 Å². The van der Waals surface area contributed by atoms with Gasteiger partial charge in [-0.3, -0.25) is 14.1 Å². The van der Waals surface area contributed by atoms with Crippen molar-refractivity contribution in [2.45, 2.75) is 19.4 Å². The molecule has 0 amide bonds. The second kappa shape index (κ2) is 6.45. The highest BCUT2D eigenvalue weighted by Gasteiger charge is 2.35. The maximum Gasteiger partial charge on any atom is 0.237 e. The number of imidazole rings is 1. The Bertz CT molecular complexity index is 1300. The number of anilines is 1. The van der Waals surface area contributed by atoms with Crippen LogP contribution in [0.5, 0.6) is 0 Å². The molecule has 0 spiro atoms. The summed E-state index contributed by atoms with van der Waals surface area (Å²) in [6.07, 6.45) is 17.7. The molecular formula is C21H17N9. The molecule has 0 aromatic carbocycles. The standard InChI is InChI=1S/C21H17N9/c1-2-16-20-27-25-13-29(20)17-12-24-21(26-19(17)30(16)15-4-3-5-15)28-11-10-23-18(28)14-6-8-22-9-7-14/h3-13,16H,2H2,1H3. The maximum absolute atomic E-state index is 4.97. The summed E-state index contributed by atoms with van der Waals surface area (Å²) in [5, 5.41) is 8.51. The zero-order valence-corrected chi connectivity index (χ0v) is 16.2. The Morgan fingerprint density at radius 3 is 2.70 bits per heavy atom. The van der Waals surface area contributed by atoms with E-state index >= 15 is 0 Å². The minimum atomic E-state index is 0.0430. The summed E-state index contributed by atoms with van der Waals surface area (Å²) in [5.74, 6) is 3.03. The van der Waals surface area contributed by atoms with E-state index in [0.717, 1.165) is 40.8 Å². The normalized spacial score (nSPS) is 16.6. The van der Waals surface area contributed by atoms with Gasteiger partial charge < -0.3 is 4.90 Å². The molecule has 1 aliphatic heterocycles. The zero-order valence-electron chi connectivity index (χ0n) is 16.2. The van der Waals surface area contributed by atoms with Crippen LogP contribution in [0, 0.1) is 0 Å². The van der Waals surface area contributed by atoms with Crippen LogP contribution in [0.4, 0.5) is 5.82 Å². The molecule has 9 nitrogen and oxygen atoms in total. The number of hydrogen-bond acceptors (Lipinski definition) is 7. The van der Waals surface area contributed by atoms with Crippen LogP contribution in [0.15, 0.2) is 73.4 Å². The van der Waals surface area contributed by atoms with Crippen LogP contribution in [0.2, 0.25) is 0 Å². The summed E-state index contributed by atoms with van der Waals surface area (Å²) in [6, 6.07) is 3.88. The summed E-state index contributed by atoms with van der Waals surface area (Å²) in [7, 11) is 0. The van der Waals surface area contributed by atoms with Gasteiger partial charge in [0, 0.05) is 36.0 Å². The Balaban J connectivity index is 1.53. The minimum Gasteiger partial charge on any atom is -0.314 e. The molecule has 1 atom stereocenters. The predicted molar refractivity (Wildman–Crippen MR) is 110 cm³/mol. The summed E-state index contributed by atoms with van der Waals surface area (Å²) >= 11 is 0. The number of nitrogens with zero attached hydrogens (tertiary/aromatic N) is 9. The average molecular weight is 395 g/mol. The van der Waals surface area contributed by atoms with Crippen LogP contribution >= 0.6 is 0 Å². The van der Waals surface area contributed by atoms with Crippen molar-refractivity contribution in [3.63, 3.8) is 0 Å². The molecule has 5 heterocycles. The Hall–Kier alpha value is -4.14. The fourth-order valence-corrected chi connectivity index (χ4v) is 3.93. The second-order valence-corrected chi connectivity index (χ2v) is 7.04. The van der Waals surface area contributed by atoms with E-state index in [9.17, 15) is 0 Å². The van der Waals surface area contributed by atoms with Gasteiger partial charge in [0.1, 0.15) is 17.8 Å². The van der Waals surface area contributed by atoms with Crippen LogP contribution in [-0.4, -0.2) is 39.3 Å². The first kappa shape index (κ1) is 16.8. The van der Waals surface area contributed by atoms with Crippen LogP contribution in [-0.2, 0) is 0 Å². The van der Waals surface area contributed by atoms with Gasteiger partial charge >= 0.3 is 0 Å². The Kier molecular flexibility index (Phi) is 3.61. The quantitative estimate of drug-likeness (QED) is 0.524. The van der Waals surface area contributed by atoms with Crippen LogP contribution in [0.1, 0.15) is 25.2 Å². The Morgan fingerprint density at radius 2 is 1.93 bits per heavy atom. The van der Waals surface area contributed by atoms with Gasteiger partial charge in [-0.25, -0.2) is 9.97 Å². The van der Waals surface area contributed by atoms with Crippen molar-refractivity contribution in [3.8, 4) is 23.0 Å². The summed E-state index contributed by atoms with van der Waals surface area (Å²) in [4.78, 5) is 20.4.